The molecule has 0 aliphatic carbocycles. The Bertz CT molecular complexity index is 644. The number of nitrogens with one attached hydrogen (secondary N) is 2. The van der Waals surface area contributed by atoms with Crippen LogP contribution < -0.4 is 10.6 Å². The molecule has 20 heavy (non-hydrogen) atoms. The first-order chi connectivity index (χ1) is 9.45. The first-order valence-electron chi connectivity index (χ1n) is 5.44. The molecule has 0 aliphatic rings. The molecule has 0 saturated carbocycles. The first kappa shape index (κ1) is 15.2. The molecule has 2 rings (SSSR count). The summed E-state index contributed by atoms with van der Waals surface area (Å²) in [7, 11) is 0. The van der Waals surface area contributed by atoms with Gasteiger partial charge < -0.3 is 10.6 Å². The Morgan fingerprint density at radius 2 is 1.90 bits per heavy atom. The smallest absolute Gasteiger partial charge is 0.175 e. The van der Waals surface area contributed by atoms with Crippen LogP contribution in [0.1, 0.15) is 0 Å². The van der Waals surface area contributed by atoms with E-state index in [0.29, 0.717) is 10.7 Å². The van der Waals surface area contributed by atoms with Gasteiger partial charge in [0.1, 0.15) is 5.82 Å². The molecule has 0 atom stereocenters. The van der Waals surface area contributed by atoms with E-state index in [-0.39, 0.29) is 15.3 Å². The third kappa shape index (κ3) is 3.88. The second kappa shape index (κ2) is 6.47. The molecule has 0 amide bonds. The van der Waals surface area contributed by atoms with Gasteiger partial charge in [-0.25, -0.2) is 8.78 Å². The van der Waals surface area contributed by atoms with Crippen molar-refractivity contribution in [2.24, 2.45) is 0 Å². The molecule has 0 heterocycles. The highest BCUT2D eigenvalue weighted by molar-refractivity contribution is 9.10. The van der Waals surface area contributed by atoms with Crippen molar-refractivity contribution in [2.45, 2.75) is 0 Å². The molecule has 2 nitrogen and oxygen atoms in total. The zero-order valence-corrected chi connectivity index (χ0v) is 13.0. The van der Waals surface area contributed by atoms with Gasteiger partial charge in [0.25, 0.3) is 0 Å². The van der Waals surface area contributed by atoms with Gasteiger partial charge >= 0.3 is 0 Å². The lowest BCUT2D eigenvalue weighted by molar-refractivity contribution is 0.585. The van der Waals surface area contributed by atoms with Gasteiger partial charge in [0, 0.05) is 21.2 Å². The second-order valence-corrected chi connectivity index (χ2v) is 5.53. The van der Waals surface area contributed by atoms with Crippen LogP contribution in [0.5, 0.6) is 0 Å². The van der Waals surface area contributed by atoms with Gasteiger partial charge in [0.2, 0.25) is 0 Å². The Morgan fingerprint density at radius 1 is 1.15 bits per heavy atom. The summed E-state index contributed by atoms with van der Waals surface area (Å²) in [5, 5.41) is 6.23. The first-order valence-corrected chi connectivity index (χ1v) is 7.02. The van der Waals surface area contributed by atoms with E-state index in [1.807, 2.05) is 0 Å². The van der Waals surface area contributed by atoms with Crippen LogP contribution >= 0.6 is 39.7 Å². The van der Waals surface area contributed by atoms with E-state index < -0.39 is 11.6 Å². The molecule has 0 fully saturated rings. The van der Waals surface area contributed by atoms with Crippen LogP contribution in [-0.2, 0) is 0 Å². The fourth-order valence-electron chi connectivity index (χ4n) is 1.50. The highest BCUT2D eigenvalue weighted by Gasteiger charge is 2.11. The highest BCUT2D eigenvalue weighted by Crippen LogP contribution is 2.27. The highest BCUT2D eigenvalue weighted by atomic mass is 79.9. The largest absolute Gasteiger partial charge is 0.332 e. The van der Waals surface area contributed by atoms with E-state index in [9.17, 15) is 8.78 Å². The fourth-order valence-corrected chi connectivity index (χ4v) is 2.42. The van der Waals surface area contributed by atoms with Crippen molar-refractivity contribution in [3.8, 4) is 0 Å². The molecule has 0 radical (unpaired) electrons. The van der Waals surface area contributed by atoms with E-state index in [4.69, 9.17) is 23.8 Å². The zero-order chi connectivity index (χ0) is 14.7. The number of rotatable bonds is 2. The maximum atomic E-state index is 13.6. The Kier molecular flexibility index (Phi) is 4.91. The van der Waals surface area contributed by atoms with E-state index in [0.717, 1.165) is 12.1 Å². The SMILES string of the molecule is Fc1cc(F)c(NC(=S)Nc2cccc(Cl)c2)c(Br)c1. The van der Waals surface area contributed by atoms with Crippen LogP contribution in [0.15, 0.2) is 40.9 Å². The zero-order valence-electron chi connectivity index (χ0n) is 9.88. The molecule has 2 N–H and O–H groups in total. The third-order valence-electron chi connectivity index (χ3n) is 2.33. The summed E-state index contributed by atoms with van der Waals surface area (Å²) in [5.74, 6) is -1.42. The Hall–Kier alpha value is -1.24. The predicted octanol–water partition coefficient (Wildman–Crippen LogP) is 5.19. The standard InChI is InChI=1S/C13H8BrClF2N2S/c14-10-5-8(16)6-11(17)12(10)19-13(20)18-9-3-1-2-7(15)4-9/h1-6H,(H2,18,19,20). The summed E-state index contributed by atoms with van der Waals surface area (Å²) in [5.41, 5.74) is 0.722. The predicted molar refractivity (Wildman–Crippen MR) is 85.4 cm³/mol. The lowest BCUT2D eigenvalue weighted by atomic mass is 10.3. The number of anilines is 2. The van der Waals surface area contributed by atoms with Crippen LogP contribution in [0, 0.1) is 11.6 Å². The average molecular weight is 378 g/mol. The van der Waals surface area contributed by atoms with Crippen molar-refractivity contribution in [3.05, 3.63) is 57.5 Å². The van der Waals surface area contributed by atoms with E-state index in [1.165, 1.54) is 0 Å². The van der Waals surface area contributed by atoms with Crippen molar-refractivity contribution in [2.75, 3.05) is 10.6 Å². The molecule has 0 aromatic heterocycles. The van der Waals surface area contributed by atoms with Gasteiger partial charge in [-0.15, -0.1) is 0 Å². The van der Waals surface area contributed by atoms with Crippen molar-refractivity contribution < 1.29 is 8.78 Å². The molecule has 2 aromatic carbocycles. The number of benzene rings is 2. The molecular formula is C13H8BrClF2N2S. The molecule has 0 saturated heterocycles. The van der Waals surface area contributed by atoms with Crippen molar-refractivity contribution in [3.63, 3.8) is 0 Å². The van der Waals surface area contributed by atoms with Gasteiger partial charge in [-0.2, -0.15) is 0 Å². The minimum absolute atomic E-state index is 0.0610. The third-order valence-corrected chi connectivity index (χ3v) is 3.39. The summed E-state index contributed by atoms with van der Waals surface area (Å²) in [6.07, 6.45) is 0. The lowest BCUT2D eigenvalue weighted by Gasteiger charge is -2.13. The van der Waals surface area contributed by atoms with E-state index in [1.54, 1.807) is 24.3 Å². The average Bonchev–Trinajstić information content (AvgIpc) is 2.33. The molecule has 0 aliphatic heterocycles. The molecule has 7 heteroatoms. The number of hydrogen-bond donors (Lipinski definition) is 2. The Labute approximate surface area is 133 Å². The quantitative estimate of drug-likeness (QED) is 0.704. The van der Waals surface area contributed by atoms with Crippen LogP contribution in [-0.4, -0.2) is 5.11 Å². The maximum absolute atomic E-state index is 13.6. The Morgan fingerprint density at radius 3 is 2.55 bits per heavy atom. The Balaban J connectivity index is 2.13. The minimum Gasteiger partial charge on any atom is -0.332 e. The fraction of sp³-hybridized carbons (Fsp3) is 0. The van der Waals surface area contributed by atoms with Crippen molar-refractivity contribution in [1.82, 2.24) is 0 Å². The summed E-state index contributed by atoms with van der Waals surface area (Å²) < 4.78 is 26.9. The number of hydrogen-bond acceptors (Lipinski definition) is 1. The number of thiocarbonyl (C=S) groups is 1. The lowest BCUT2D eigenvalue weighted by Crippen LogP contribution is -2.20. The van der Waals surface area contributed by atoms with Crippen LogP contribution in [0.4, 0.5) is 20.2 Å². The van der Waals surface area contributed by atoms with Gasteiger partial charge in [0.15, 0.2) is 10.9 Å². The van der Waals surface area contributed by atoms with Crippen molar-refractivity contribution in [1.29, 1.82) is 0 Å². The molecule has 0 bridgehead atoms. The summed E-state index contributed by atoms with van der Waals surface area (Å²) in [6, 6.07) is 8.82. The van der Waals surface area contributed by atoms with Crippen LogP contribution in [0.2, 0.25) is 5.02 Å². The second-order valence-electron chi connectivity index (χ2n) is 3.83. The van der Waals surface area contributed by atoms with E-state index >= 15 is 0 Å². The van der Waals surface area contributed by atoms with Gasteiger partial charge in [-0.05, 0) is 52.4 Å². The minimum atomic E-state index is -0.743. The topological polar surface area (TPSA) is 24.1 Å². The number of halogens is 4. The summed E-state index contributed by atoms with van der Waals surface area (Å²) >= 11 is 14.0. The molecule has 0 spiro atoms. The van der Waals surface area contributed by atoms with Gasteiger partial charge in [-0.3, -0.25) is 0 Å². The molecule has 104 valence electrons. The monoisotopic (exact) mass is 376 g/mol. The molecular weight excluding hydrogens is 370 g/mol. The summed E-state index contributed by atoms with van der Waals surface area (Å²) in [6.45, 7) is 0. The maximum Gasteiger partial charge on any atom is 0.175 e. The van der Waals surface area contributed by atoms with Gasteiger partial charge in [0.05, 0.1) is 5.69 Å². The van der Waals surface area contributed by atoms with Crippen LogP contribution in [0.25, 0.3) is 0 Å². The molecule has 2 aromatic rings. The molecule has 0 unspecified atom stereocenters. The van der Waals surface area contributed by atoms with Gasteiger partial charge in [-0.1, -0.05) is 17.7 Å². The normalized spacial score (nSPS) is 10.2. The van der Waals surface area contributed by atoms with Crippen molar-refractivity contribution >= 4 is 56.2 Å². The van der Waals surface area contributed by atoms with Crippen LogP contribution in [0.3, 0.4) is 0 Å². The van der Waals surface area contributed by atoms with E-state index in [2.05, 4.69) is 26.6 Å². The summed E-state index contributed by atoms with van der Waals surface area (Å²) in [4.78, 5) is 0.